The van der Waals surface area contributed by atoms with E-state index in [1.807, 2.05) is 18.4 Å². The summed E-state index contributed by atoms with van der Waals surface area (Å²) in [7, 11) is 0. The Labute approximate surface area is 226 Å². The van der Waals surface area contributed by atoms with Crippen molar-refractivity contribution in [2.75, 3.05) is 18.5 Å². The standard InChI is InChI=1S/C27H35N7O5/c1-7-18-15(3)32-33(8-2)21(18)24(36)31-25-30-19-12-16(23(28)35)13-20-22(19)34(25)17(14-38-20)10-9-11-29-26(37)39-27(4,5)6/h7,12-13,17H,1,8-11,14H2,2-6H3,(H2,28,35)(H,29,37)(H,30,31,36)/t17-/m0/s1. The number of hydrogen-bond donors (Lipinski definition) is 3. The lowest BCUT2D eigenvalue weighted by atomic mass is 10.1. The van der Waals surface area contributed by atoms with Crippen molar-refractivity contribution in [3.05, 3.63) is 41.2 Å². The quantitative estimate of drug-likeness (QED) is 0.351. The van der Waals surface area contributed by atoms with E-state index in [2.05, 4.69) is 27.3 Å². The molecule has 39 heavy (non-hydrogen) atoms. The highest BCUT2D eigenvalue weighted by Crippen LogP contribution is 2.38. The van der Waals surface area contributed by atoms with Crippen molar-refractivity contribution in [2.45, 2.75) is 65.6 Å². The summed E-state index contributed by atoms with van der Waals surface area (Å²) in [6.07, 6.45) is 2.37. The zero-order valence-corrected chi connectivity index (χ0v) is 23.0. The molecule has 0 radical (unpaired) electrons. The summed E-state index contributed by atoms with van der Waals surface area (Å²) >= 11 is 0. The van der Waals surface area contributed by atoms with E-state index in [1.54, 1.807) is 43.7 Å². The molecule has 1 atom stereocenters. The Balaban J connectivity index is 1.64. The first-order chi connectivity index (χ1) is 18.4. The predicted octanol–water partition coefficient (Wildman–Crippen LogP) is 3.79. The van der Waals surface area contributed by atoms with Gasteiger partial charge in [0.15, 0.2) is 0 Å². The van der Waals surface area contributed by atoms with Gasteiger partial charge in [-0.25, -0.2) is 9.78 Å². The number of alkyl carbamates (subject to hydrolysis) is 1. The first kappa shape index (κ1) is 27.7. The molecular weight excluding hydrogens is 502 g/mol. The fraction of sp³-hybridized carbons (Fsp3) is 0.444. The lowest BCUT2D eigenvalue weighted by molar-refractivity contribution is 0.0525. The van der Waals surface area contributed by atoms with Crippen molar-refractivity contribution in [1.29, 1.82) is 0 Å². The molecule has 0 saturated carbocycles. The average molecular weight is 538 g/mol. The van der Waals surface area contributed by atoms with Crippen molar-refractivity contribution in [3.63, 3.8) is 0 Å². The Hall–Kier alpha value is -4.35. The number of nitrogens with two attached hydrogens (primary N) is 1. The molecule has 4 N–H and O–H groups in total. The van der Waals surface area contributed by atoms with Gasteiger partial charge in [-0.15, -0.1) is 0 Å². The number of primary amides is 1. The zero-order chi connectivity index (χ0) is 28.5. The van der Waals surface area contributed by atoms with E-state index in [4.69, 9.17) is 15.2 Å². The van der Waals surface area contributed by atoms with Crippen LogP contribution in [0.25, 0.3) is 17.1 Å². The molecule has 1 aromatic carbocycles. The number of rotatable bonds is 9. The van der Waals surface area contributed by atoms with Crippen molar-refractivity contribution < 1.29 is 23.9 Å². The first-order valence-corrected chi connectivity index (χ1v) is 12.9. The molecule has 3 amide bonds. The van der Waals surface area contributed by atoms with E-state index in [-0.39, 0.29) is 24.1 Å². The molecule has 12 nitrogen and oxygen atoms in total. The Kier molecular flexibility index (Phi) is 7.66. The fourth-order valence-electron chi connectivity index (χ4n) is 4.67. The van der Waals surface area contributed by atoms with Crippen LogP contribution < -0.4 is 21.1 Å². The van der Waals surface area contributed by atoms with Crippen LogP contribution in [0, 0.1) is 6.92 Å². The molecular formula is C27H35N7O5. The molecule has 0 saturated heterocycles. The Morgan fingerprint density at radius 1 is 1.31 bits per heavy atom. The maximum Gasteiger partial charge on any atom is 0.407 e. The van der Waals surface area contributed by atoms with Crippen LogP contribution in [0.2, 0.25) is 0 Å². The Morgan fingerprint density at radius 2 is 2.05 bits per heavy atom. The minimum absolute atomic E-state index is 0.200. The molecule has 2 aromatic heterocycles. The second kappa shape index (κ2) is 10.8. The highest BCUT2D eigenvalue weighted by atomic mass is 16.6. The molecule has 3 heterocycles. The molecule has 0 aliphatic carbocycles. The van der Waals surface area contributed by atoms with Gasteiger partial charge >= 0.3 is 6.09 Å². The zero-order valence-electron chi connectivity index (χ0n) is 23.0. The number of benzene rings is 1. The van der Waals surface area contributed by atoms with Crippen LogP contribution in [0.1, 0.15) is 78.7 Å². The third kappa shape index (κ3) is 5.74. The van der Waals surface area contributed by atoms with Crippen molar-refractivity contribution >= 4 is 41.0 Å². The Morgan fingerprint density at radius 3 is 2.69 bits per heavy atom. The maximum absolute atomic E-state index is 13.5. The van der Waals surface area contributed by atoms with Crippen LogP contribution in [0.4, 0.5) is 10.7 Å². The van der Waals surface area contributed by atoms with Gasteiger partial charge in [-0.1, -0.05) is 12.7 Å². The molecule has 3 aromatic rings. The number of aromatic nitrogens is 4. The van der Waals surface area contributed by atoms with Gasteiger partial charge in [0.25, 0.3) is 5.91 Å². The second-order valence-corrected chi connectivity index (χ2v) is 10.4. The molecule has 4 rings (SSSR count). The highest BCUT2D eigenvalue weighted by Gasteiger charge is 2.30. The number of ether oxygens (including phenoxy) is 2. The number of nitrogens with one attached hydrogen (secondary N) is 2. The molecule has 1 aliphatic rings. The number of carbonyl (C=O) groups is 3. The number of nitrogens with zero attached hydrogens (tertiary/aromatic N) is 4. The first-order valence-electron chi connectivity index (χ1n) is 12.9. The van der Waals surface area contributed by atoms with Gasteiger partial charge in [-0.3, -0.25) is 19.6 Å². The van der Waals surface area contributed by atoms with Crippen LogP contribution in [0.3, 0.4) is 0 Å². The number of imidazole rings is 1. The van der Waals surface area contributed by atoms with Gasteiger partial charge < -0.3 is 25.1 Å². The van der Waals surface area contributed by atoms with E-state index in [1.165, 1.54) is 0 Å². The maximum atomic E-state index is 13.5. The molecule has 208 valence electrons. The Bertz CT molecular complexity index is 1450. The highest BCUT2D eigenvalue weighted by molar-refractivity contribution is 6.06. The van der Waals surface area contributed by atoms with Crippen LogP contribution in [-0.2, 0) is 11.3 Å². The molecule has 0 unspecified atom stereocenters. The summed E-state index contributed by atoms with van der Waals surface area (Å²) in [5.41, 5.74) is 8.04. The number of aryl methyl sites for hydroxylation is 2. The number of hydrogen-bond acceptors (Lipinski definition) is 7. The fourth-order valence-corrected chi connectivity index (χ4v) is 4.67. The van der Waals surface area contributed by atoms with E-state index in [0.29, 0.717) is 65.6 Å². The minimum atomic E-state index is -0.606. The minimum Gasteiger partial charge on any atom is -0.489 e. The van der Waals surface area contributed by atoms with Crippen LogP contribution in [-0.4, -0.2) is 56.0 Å². The largest absolute Gasteiger partial charge is 0.489 e. The summed E-state index contributed by atoms with van der Waals surface area (Å²) in [4.78, 5) is 42.1. The van der Waals surface area contributed by atoms with Crippen LogP contribution in [0.5, 0.6) is 5.75 Å². The van der Waals surface area contributed by atoms with Gasteiger partial charge in [0, 0.05) is 24.2 Å². The monoisotopic (exact) mass is 537 g/mol. The van der Waals surface area contributed by atoms with E-state index in [9.17, 15) is 14.4 Å². The van der Waals surface area contributed by atoms with Crippen molar-refractivity contribution in [1.82, 2.24) is 24.6 Å². The molecule has 0 spiro atoms. The smallest absolute Gasteiger partial charge is 0.407 e. The summed E-state index contributed by atoms with van der Waals surface area (Å²) in [5.74, 6) is -0.223. The summed E-state index contributed by atoms with van der Waals surface area (Å²) in [5, 5.41) is 10.2. The number of anilines is 1. The normalized spacial score (nSPS) is 14.5. The lowest BCUT2D eigenvalue weighted by Crippen LogP contribution is -2.33. The second-order valence-electron chi connectivity index (χ2n) is 10.4. The predicted molar refractivity (Wildman–Crippen MR) is 147 cm³/mol. The third-order valence-corrected chi connectivity index (χ3v) is 6.33. The van der Waals surface area contributed by atoms with E-state index in [0.717, 1.165) is 0 Å². The SMILES string of the molecule is C=Cc1c(C)nn(CC)c1C(=O)Nc1nc2cc(C(N)=O)cc3c2n1[C@@H](CCCNC(=O)OC(C)(C)C)CO3. The van der Waals surface area contributed by atoms with Gasteiger partial charge in [0.05, 0.1) is 17.3 Å². The van der Waals surface area contributed by atoms with Gasteiger partial charge in [0.1, 0.15) is 29.2 Å². The van der Waals surface area contributed by atoms with Crippen LogP contribution in [0.15, 0.2) is 18.7 Å². The molecule has 0 fully saturated rings. The molecule has 0 bridgehead atoms. The van der Waals surface area contributed by atoms with Gasteiger partial charge in [-0.2, -0.15) is 5.10 Å². The summed E-state index contributed by atoms with van der Waals surface area (Å²) in [6.45, 7) is 14.2. The van der Waals surface area contributed by atoms with Gasteiger partial charge in [-0.05, 0) is 59.6 Å². The topological polar surface area (TPSA) is 155 Å². The van der Waals surface area contributed by atoms with E-state index >= 15 is 0 Å². The van der Waals surface area contributed by atoms with Crippen LogP contribution >= 0.6 is 0 Å². The number of carbonyl (C=O) groups excluding carboxylic acids is 3. The van der Waals surface area contributed by atoms with E-state index < -0.39 is 17.6 Å². The number of amides is 3. The third-order valence-electron chi connectivity index (χ3n) is 6.33. The lowest BCUT2D eigenvalue weighted by Gasteiger charge is -2.27. The molecule has 12 heteroatoms. The summed E-state index contributed by atoms with van der Waals surface area (Å²) in [6, 6.07) is 2.97. The van der Waals surface area contributed by atoms with Crippen molar-refractivity contribution in [2.24, 2.45) is 5.73 Å². The molecule has 1 aliphatic heterocycles. The van der Waals surface area contributed by atoms with Gasteiger partial charge in [0.2, 0.25) is 11.9 Å². The summed E-state index contributed by atoms with van der Waals surface area (Å²) < 4.78 is 14.8. The van der Waals surface area contributed by atoms with Crippen molar-refractivity contribution in [3.8, 4) is 5.75 Å². The average Bonchev–Trinajstić information content (AvgIpc) is 3.39.